The van der Waals surface area contributed by atoms with Crippen LogP contribution in [-0.2, 0) is 4.74 Å². The van der Waals surface area contributed by atoms with Crippen molar-refractivity contribution < 1.29 is 22.6 Å². The van der Waals surface area contributed by atoms with Gasteiger partial charge in [0, 0.05) is 17.0 Å². The molecule has 3 aromatic carbocycles. The van der Waals surface area contributed by atoms with Crippen LogP contribution >= 0.6 is 11.6 Å². The molecule has 1 aliphatic heterocycles. The van der Waals surface area contributed by atoms with Crippen LogP contribution < -0.4 is 15.6 Å². The lowest BCUT2D eigenvalue weighted by Gasteiger charge is -2.27. The maximum absolute atomic E-state index is 12.4. The van der Waals surface area contributed by atoms with Gasteiger partial charge in [0.25, 0.3) is 0 Å². The summed E-state index contributed by atoms with van der Waals surface area (Å²) in [5, 5.41) is 6.45. The summed E-state index contributed by atoms with van der Waals surface area (Å²) in [5.41, 5.74) is 2.93. The van der Waals surface area contributed by atoms with Crippen LogP contribution in [0.4, 0.5) is 18.9 Å². The van der Waals surface area contributed by atoms with Crippen LogP contribution in [0.1, 0.15) is 18.0 Å². The minimum Gasteiger partial charge on any atom is -0.464 e. The first-order valence-corrected chi connectivity index (χ1v) is 11.5. The van der Waals surface area contributed by atoms with Crippen LogP contribution in [0, 0.1) is 0 Å². The largest absolute Gasteiger partial charge is 0.573 e. The molecule has 4 aromatic rings. The predicted molar refractivity (Wildman–Crippen MR) is 132 cm³/mol. The second-order valence-corrected chi connectivity index (χ2v) is 8.52. The zero-order valence-corrected chi connectivity index (χ0v) is 19.9. The first-order chi connectivity index (χ1) is 17.7. The zero-order valence-electron chi connectivity index (χ0n) is 19.1. The van der Waals surface area contributed by atoms with Crippen molar-refractivity contribution in [1.29, 1.82) is 0 Å². The number of nitrogens with zero attached hydrogens (tertiary/aromatic N) is 5. The van der Waals surface area contributed by atoms with Gasteiger partial charge in [0.1, 0.15) is 12.1 Å². The Bertz CT molecular complexity index is 1390. The molecule has 37 heavy (non-hydrogen) atoms. The first kappa shape index (κ1) is 24.6. The van der Waals surface area contributed by atoms with Crippen molar-refractivity contribution in [2.45, 2.75) is 18.8 Å². The fraction of sp³-hybridized carbons (Fsp3) is 0.160. The summed E-state index contributed by atoms with van der Waals surface area (Å²) in [6, 6.07) is 20.3. The first-order valence-electron chi connectivity index (χ1n) is 11.1. The third-order valence-corrected chi connectivity index (χ3v) is 5.83. The lowest BCUT2D eigenvalue weighted by molar-refractivity contribution is -0.274. The van der Waals surface area contributed by atoms with E-state index in [4.69, 9.17) is 22.2 Å². The van der Waals surface area contributed by atoms with Crippen LogP contribution in [0.15, 0.2) is 84.1 Å². The van der Waals surface area contributed by atoms with E-state index in [2.05, 4.69) is 19.8 Å². The minimum atomic E-state index is -4.75. The highest BCUT2D eigenvalue weighted by Crippen LogP contribution is 2.28. The number of hydrogen-bond donors (Lipinski definition) is 1. The summed E-state index contributed by atoms with van der Waals surface area (Å²) in [6.07, 6.45) is -2.55. The lowest BCUT2D eigenvalue weighted by Crippen LogP contribution is -2.41. The minimum absolute atomic E-state index is 0.0893. The Morgan fingerprint density at radius 3 is 2.38 bits per heavy atom. The van der Waals surface area contributed by atoms with Gasteiger partial charge in [-0.15, -0.1) is 18.3 Å². The second kappa shape index (κ2) is 10.1. The lowest BCUT2D eigenvalue weighted by atomic mass is 10.0. The molecule has 2 N–H and O–H groups in total. The van der Waals surface area contributed by atoms with Crippen molar-refractivity contribution >= 4 is 23.3 Å². The molecule has 0 spiro atoms. The molecule has 1 atom stereocenters. The van der Waals surface area contributed by atoms with Crippen molar-refractivity contribution in [3.63, 3.8) is 0 Å². The molecule has 8 nitrogen and oxygen atoms in total. The topological polar surface area (TPSA) is 90.8 Å². The average Bonchev–Trinajstić information content (AvgIpc) is 3.39. The zero-order chi connectivity index (χ0) is 26.0. The molecule has 0 aliphatic carbocycles. The number of hydrogen-bond acceptors (Lipinski definition) is 7. The van der Waals surface area contributed by atoms with E-state index in [1.54, 1.807) is 24.3 Å². The molecule has 2 heterocycles. The van der Waals surface area contributed by atoms with Gasteiger partial charge in [-0.1, -0.05) is 23.7 Å². The van der Waals surface area contributed by atoms with Gasteiger partial charge in [-0.05, 0) is 66.2 Å². The fourth-order valence-corrected chi connectivity index (χ4v) is 3.88. The van der Waals surface area contributed by atoms with Crippen molar-refractivity contribution in [2.75, 3.05) is 11.6 Å². The predicted octanol–water partition coefficient (Wildman–Crippen LogP) is 5.68. The number of halogens is 4. The molecule has 0 fully saturated rings. The van der Waals surface area contributed by atoms with Crippen LogP contribution in [0.2, 0.25) is 5.02 Å². The van der Waals surface area contributed by atoms with E-state index < -0.39 is 6.36 Å². The summed E-state index contributed by atoms with van der Waals surface area (Å²) in [5.74, 6) is 6.41. The Balaban J connectivity index is 1.28. The van der Waals surface area contributed by atoms with E-state index in [1.165, 1.54) is 40.3 Å². The molecule has 1 aliphatic rings. The molecule has 1 unspecified atom stereocenters. The maximum atomic E-state index is 12.4. The quantitative estimate of drug-likeness (QED) is 0.264. The van der Waals surface area contributed by atoms with E-state index in [-0.39, 0.29) is 11.8 Å². The van der Waals surface area contributed by atoms with Gasteiger partial charge in [-0.2, -0.15) is 0 Å². The number of aromatic nitrogens is 3. The van der Waals surface area contributed by atoms with E-state index in [0.717, 1.165) is 17.5 Å². The molecule has 0 radical (unpaired) electrons. The van der Waals surface area contributed by atoms with Crippen LogP contribution in [0.3, 0.4) is 0 Å². The van der Waals surface area contributed by atoms with Gasteiger partial charge in [-0.25, -0.2) is 25.5 Å². The van der Waals surface area contributed by atoms with E-state index in [9.17, 15) is 13.2 Å². The Labute approximate surface area is 214 Å². The number of nitrogens with two attached hydrogens (primary N) is 1. The number of aliphatic imine (C=N–C) groups is 1. The number of ether oxygens (including phenoxy) is 2. The number of benzene rings is 3. The van der Waals surface area contributed by atoms with Gasteiger partial charge in [0.05, 0.1) is 24.0 Å². The highest BCUT2D eigenvalue weighted by Gasteiger charge is 2.31. The average molecular weight is 529 g/mol. The molecule has 5 rings (SSSR count). The highest BCUT2D eigenvalue weighted by molar-refractivity contribution is 6.30. The molecule has 0 amide bonds. The van der Waals surface area contributed by atoms with E-state index >= 15 is 0 Å². The monoisotopic (exact) mass is 528 g/mol. The molecular formula is C25H20ClF3N6O2. The van der Waals surface area contributed by atoms with Crippen LogP contribution in [0.25, 0.3) is 17.1 Å². The molecule has 12 heteroatoms. The SMILES string of the molecule is NN(C1=NC(c2ccc(Cl)cc2)CCO1)c1ccc(-c2ncn(-c3ccc(OC(F)(F)F)cc3)n2)cc1. The second-order valence-electron chi connectivity index (χ2n) is 8.09. The van der Waals surface area contributed by atoms with E-state index in [1.807, 2.05) is 24.3 Å². The van der Waals surface area contributed by atoms with Crippen molar-refractivity contribution in [3.8, 4) is 22.8 Å². The van der Waals surface area contributed by atoms with Gasteiger partial charge < -0.3 is 9.47 Å². The number of amidine groups is 1. The Morgan fingerprint density at radius 1 is 1.00 bits per heavy atom. The van der Waals surface area contributed by atoms with Crippen molar-refractivity contribution in [1.82, 2.24) is 14.8 Å². The number of anilines is 1. The number of hydrazine groups is 1. The number of rotatable bonds is 5. The smallest absolute Gasteiger partial charge is 0.464 e. The highest BCUT2D eigenvalue weighted by atomic mass is 35.5. The molecule has 0 bridgehead atoms. The van der Waals surface area contributed by atoms with Crippen molar-refractivity contribution in [3.05, 3.63) is 89.7 Å². The summed E-state index contributed by atoms with van der Waals surface area (Å²) < 4.78 is 48.1. The third-order valence-electron chi connectivity index (χ3n) is 5.58. The molecule has 0 saturated carbocycles. The van der Waals surface area contributed by atoms with Crippen LogP contribution in [0.5, 0.6) is 5.75 Å². The van der Waals surface area contributed by atoms with Gasteiger partial charge >= 0.3 is 12.4 Å². The van der Waals surface area contributed by atoms with Gasteiger partial charge in [0.15, 0.2) is 5.82 Å². The number of alkyl halides is 3. The maximum Gasteiger partial charge on any atom is 0.573 e. The van der Waals surface area contributed by atoms with Crippen molar-refractivity contribution in [2.24, 2.45) is 10.8 Å². The summed E-state index contributed by atoms with van der Waals surface area (Å²) >= 11 is 5.99. The van der Waals surface area contributed by atoms with Gasteiger partial charge in [0.2, 0.25) is 0 Å². The summed E-state index contributed by atoms with van der Waals surface area (Å²) in [7, 11) is 0. The molecular weight excluding hydrogens is 509 g/mol. The molecule has 1 aromatic heterocycles. The third kappa shape index (κ3) is 5.84. The summed E-state index contributed by atoms with van der Waals surface area (Å²) in [6.45, 7) is 0.475. The Hall–Kier alpha value is -4.09. The Kier molecular flexibility index (Phi) is 6.72. The summed E-state index contributed by atoms with van der Waals surface area (Å²) in [4.78, 5) is 8.95. The Morgan fingerprint density at radius 2 is 1.70 bits per heavy atom. The van der Waals surface area contributed by atoms with Crippen LogP contribution in [-0.4, -0.2) is 33.8 Å². The standard InChI is InChI=1S/C25H20ClF3N6O2/c26-18-5-1-16(2-6-18)22-13-14-36-24(32-22)35(30)20-7-3-17(4-8-20)23-31-15-34(33-23)19-9-11-21(12-10-19)37-25(27,28)29/h1-12,15,22H,13-14,30H2. The fourth-order valence-electron chi connectivity index (χ4n) is 3.76. The molecule has 0 saturated heterocycles. The van der Waals surface area contributed by atoms with E-state index in [0.29, 0.717) is 34.9 Å². The normalized spacial score (nSPS) is 15.6. The molecule has 190 valence electrons. The van der Waals surface area contributed by atoms with Gasteiger partial charge in [-0.3, -0.25) is 0 Å².